The van der Waals surface area contributed by atoms with Crippen LogP contribution in [0.2, 0.25) is 0 Å². The highest BCUT2D eigenvalue weighted by Crippen LogP contribution is 2.30. The molecule has 1 N–H and O–H groups in total. The molecule has 7 heteroatoms. The minimum Gasteiger partial charge on any atom is -0.493 e. The lowest BCUT2D eigenvalue weighted by Gasteiger charge is -2.09. The van der Waals surface area contributed by atoms with Gasteiger partial charge in [-0.15, -0.1) is 0 Å². The number of nitrogens with zero attached hydrogens (tertiary/aromatic N) is 1. The lowest BCUT2D eigenvalue weighted by atomic mass is 10.1. The van der Waals surface area contributed by atoms with Crippen LogP contribution in [0.25, 0.3) is 16.8 Å². The molecule has 30 heavy (non-hydrogen) atoms. The topological polar surface area (TPSA) is 94.4 Å². The molecule has 0 radical (unpaired) electrons. The van der Waals surface area contributed by atoms with Crippen LogP contribution < -0.4 is 9.47 Å². The molecule has 3 aromatic rings. The van der Waals surface area contributed by atoms with Crippen LogP contribution in [0.4, 0.5) is 0 Å². The lowest BCUT2D eigenvalue weighted by Crippen LogP contribution is -2.10. The number of hydrogen-bond acceptors (Lipinski definition) is 6. The van der Waals surface area contributed by atoms with Gasteiger partial charge in [0.1, 0.15) is 0 Å². The van der Waals surface area contributed by atoms with Crippen LogP contribution in [-0.4, -0.2) is 36.7 Å². The first kappa shape index (κ1) is 19.2. The van der Waals surface area contributed by atoms with Crippen LogP contribution in [-0.2, 0) is 14.3 Å². The highest BCUT2D eigenvalue weighted by Gasteiger charge is 2.24. The Kier molecular flexibility index (Phi) is 5.17. The van der Waals surface area contributed by atoms with Crippen molar-refractivity contribution in [3.05, 3.63) is 77.5 Å². The van der Waals surface area contributed by atoms with Crippen molar-refractivity contribution in [2.75, 3.05) is 13.7 Å². The largest absolute Gasteiger partial charge is 0.493 e. The third-order valence-electron chi connectivity index (χ3n) is 4.46. The number of cyclic esters (lactones) is 1. The van der Waals surface area contributed by atoms with Crippen molar-refractivity contribution in [1.82, 2.24) is 0 Å². The smallest absolute Gasteiger partial charge is 0.363 e. The molecule has 1 heterocycles. The molecule has 0 saturated heterocycles. The van der Waals surface area contributed by atoms with Gasteiger partial charge in [0.2, 0.25) is 5.90 Å². The molecule has 0 spiro atoms. The number of carboxylic acids is 1. The fourth-order valence-electron chi connectivity index (χ4n) is 3.05. The number of ether oxygens (including phenoxy) is 3. The summed E-state index contributed by atoms with van der Waals surface area (Å²) in [5.41, 5.74) is 1.49. The number of rotatable bonds is 6. The van der Waals surface area contributed by atoms with Crippen LogP contribution in [0.1, 0.15) is 11.1 Å². The first-order chi connectivity index (χ1) is 14.5. The number of esters is 1. The van der Waals surface area contributed by atoms with Gasteiger partial charge in [-0.3, -0.25) is 0 Å². The summed E-state index contributed by atoms with van der Waals surface area (Å²) < 4.78 is 15.8. The van der Waals surface area contributed by atoms with Crippen LogP contribution in [0.3, 0.4) is 0 Å². The van der Waals surface area contributed by atoms with Gasteiger partial charge in [0, 0.05) is 5.56 Å². The summed E-state index contributed by atoms with van der Waals surface area (Å²) in [6, 6.07) is 18.5. The minimum atomic E-state index is -1.09. The van der Waals surface area contributed by atoms with E-state index in [1.807, 2.05) is 42.5 Å². The van der Waals surface area contributed by atoms with E-state index in [0.29, 0.717) is 16.9 Å². The Morgan fingerprint density at radius 3 is 2.63 bits per heavy atom. The molecular weight excluding hydrogens is 386 g/mol. The van der Waals surface area contributed by atoms with Gasteiger partial charge in [-0.1, -0.05) is 36.4 Å². The van der Waals surface area contributed by atoms with Gasteiger partial charge in [0.25, 0.3) is 0 Å². The zero-order valence-electron chi connectivity index (χ0n) is 16.0. The van der Waals surface area contributed by atoms with Gasteiger partial charge >= 0.3 is 11.9 Å². The van der Waals surface area contributed by atoms with Gasteiger partial charge in [0.15, 0.2) is 23.8 Å². The van der Waals surface area contributed by atoms with Crippen LogP contribution >= 0.6 is 0 Å². The quantitative estimate of drug-likeness (QED) is 0.499. The number of fused-ring (bicyclic) bond motifs is 1. The maximum Gasteiger partial charge on any atom is 0.363 e. The predicted molar refractivity (Wildman–Crippen MR) is 111 cm³/mol. The molecule has 0 aromatic heterocycles. The van der Waals surface area contributed by atoms with Crippen molar-refractivity contribution in [3.8, 4) is 11.5 Å². The zero-order chi connectivity index (χ0) is 21.1. The molecule has 0 amide bonds. The van der Waals surface area contributed by atoms with E-state index in [9.17, 15) is 9.59 Å². The normalized spacial score (nSPS) is 14.5. The predicted octanol–water partition coefficient (Wildman–Crippen LogP) is 3.66. The monoisotopic (exact) mass is 403 g/mol. The third kappa shape index (κ3) is 4.00. The second-order valence-electron chi connectivity index (χ2n) is 6.49. The Bertz CT molecular complexity index is 1210. The summed E-state index contributed by atoms with van der Waals surface area (Å²) in [6.07, 6.45) is 1.57. The average Bonchev–Trinajstić information content (AvgIpc) is 3.12. The summed E-state index contributed by atoms with van der Waals surface area (Å²) >= 11 is 0. The molecule has 1 aliphatic heterocycles. The van der Waals surface area contributed by atoms with Crippen LogP contribution in [0.15, 0.2) is 71.4 Å². The summed E-state index contributed by atoms with van der Waals surface area (Å²) in [7, 11) is 1.44. The number of methoxy groups -OCH3 is 1. The van der Waals surface area contributed by atoms with Crippen LogP contribution in [0.5, 0.6) is 11.5 Å². The number of carboxylic acid groups (broad SMARTS) is 1. The second kappa shape index (κ2) is 8.08. The second-order valence-corrected chi connectivity index (χ2v) is 6.49. The first-order valence-corrected chi connectivity index (χ1v) is 9.08. The van der Waals surface area contributed by atoms with Gasteiger partial charge in [-0.2, -0.15) is 0 Å². The fourth-order valence-corrected chi connectivity index (χ4v) is 3.05. The third-order valence-corrected chi connectivity index (χ3v) is 4.46. The van der Waals surface area contributed by atoms with E-state index < -0.39 is 18.5 Å². The molecule has 7 nitrogen and oxygen atoms in total. The van der Waals surface area contributed by atoms with Crippen molar-refractivity contribution in [3.63, 3.8) is 0 Å². The standard InChI is InChI=1S/C23H17NO6/c1-28-20-11-14(6-9-19(20)29-13-21(25)26)10-18-23(27)30-22(24-18)17-8-7-15-4-2-3-5-16(15)12-17/h2-12H,13H2,1H3,(H,25,26). The molecule has 3 aromatic carbocycles. The minimum absolute atomic E-state index is 0.152. The maximum absolute atomic E-state index is 12.3. The molecule has 0 aliphatic carbocycles. The summed E-state index contributed by atoms with van der Waals surface area (Å²) in [4.78, 5) is 27.3. The number of carbonyl (C=O) groups is 2. The summed E-state index contributed by atoms with van der Waals surface area (Å²) in [6.45, 7) is -0.484. The molecule has 150 valence electrons. The summed E-state index contributed by atoms with van der Waals surface area (Å²) in [5.74, 6) is -0.770. The maximum atomic E-state index is 12.3. The number of carbonyl (C=O) groups excluding carboxylic acids is 1. The molecule has 0 saturated carbocycles. The van der Waals surface area contributed by atoms with Crippen molar-refractivity contribution >= 4 is 34.7 Å². The van der Waals surface area contributed by atoms with Gasteiger partial charge in [0.05, 0.1) is 7.11 Å². The molecule has 0 bridgehead atoms. The highest BCUT2D eigenvalue weighted by atomic mass is 16.6. The molecule has 4 rings (SSSR count). The van der Waals surface area contributed by atoms with Crippen molar-refractivity contribution in [1.29, 1.82) is 0 Å². The molecule has 1 aliphatic rings. The first-order valence-electron chi connectivity index (χ1n) is 9.08. The lowest BCUT2D eigenvalue weighted by molar-refractivity contribution is -0.139. The molecule has 0 unspecified atom stereocenters. The van der Waals surface area contributed by atoms with Gasteiger partial charge in [-0.05, 0) is 46.7 Å². The Morgan fingerprint density at radius 1 is 1.07 bits per heavy atom. The Labute approximate surface area is 171 Å². The zero-order valence-corrected chi connectivity index (χ0v) is 16.0. The van der Waals surface area contributed by atoms with Crippen molar-refractivity contribution in [2.45, 2.75) is 0 Å². The van der Waals surface area contributed by atoms with Crippen molar-refractivity contribution in [2.24, 2.45) is 4.99 Å². The van der Waals surface area contributed by atoms with E-state index in [1.165, 1.54) is 7.11 Å². The van der Waals surface area contributed by atoms with Gasteiger partial charge < -0.3 is 19.3 Å². The fraction of sp³-hybridized carbons (Fsp3) is 0.0870. The van der Waals surface area contributed by atoms with Gasteiger partial charge in [-0.25, -0.2) is 14.6 Å². The molecule has 0 atom stereocenters. The van der Waals surface area contributed by atoms with Crippen molar-refractivity contribution < 1.29 is 28.9 Å². The van der Waals surface area contributed by atoms with E-state index in [0.717, 1.165) is 10.8 Å². The number of aliphatic carboxylic acids is 1. The van der Waals surface area contributed by atoms with E-state index in [2.05, 4.69) is 4.99 Å². The molecule has 0 fully saturated rings. The Hall–Kier alpha value is -4.13. The number of aliphatic imine (C=N–C) groups is 1. The molecular formula is C23H17NO6. The SMILES string of the molecule is COc1cc(C=C2N=C(c3ccc4ccccc4c3)OC2=O)ccc1OCC(=O)O. The van der Waals surface area contributed by atoms with E-state index in [4.69, 9.17) is 19.3 Å². The number of benzene rings is 3. The van der Waals surface area contributed by atoms with E-state index >= 15 is 0 Å². The van der Waals surface area contributed by atoms with Crippen LogP contribution in [0, 0.1) is 0 Å². The number of hydrogen-bond donors (Lipinski definition) is 1. The average molecular weight is 403 g/mol. The van der Waals surface area contributed by atoms with E-state index in [-0.39, 0.29) is 17.3 Å². The Balaban J connectivity index is 1.62. The summed E-state index contributed by atoms with van der Waals surface area (Å²) in [5, 5.41) is 10.9. The van der Waals surface area contributed by atoms with E-state index in [1.54, 1.807) is 24.3 Å². The highest BCUT2D eigenvalue weighted by molar-refractivity contribution is 6.13. The Morgan fingerprint density at radius 2 is 1.87 bits per heavy atom.